The van der Waals surface area contributed by atoms with Crippen molar-refractivity contribution in [2.24, 2.45) is 9.98 Å². The largest absolute Gasteiger partial charge is 0.338 e. The lowest BCUT2D eigenvalue weighted by Gasteiger charge is -2.18. The molecule has 0 aliphatic carbocycles. The smallest absolute Gasteiger partial charge is 0.137 e. The van der Waals surface area contributed by atoms with E-state index < -0.39 is 0 Å². The van der Waals surface area contributed by atoms with Gasteiger partial charge in [0.05, 0.1) is 11.7 Å². The molecule has 1 atom stereocenters. The maximum Gasteiger partial charge on any atom is 0.137 e. The van der Waals surface area contributed by atoms with E-state index in [1.165, 1.54) is 12.4 Å². The minimum absolute atomic E-state index is 0.188. The van der Waals surface area contributed by atoms with E-state index in [0.717, 1.165) is 0 Å². The summed E-state index contributed by atoms with van der Waals surface area (Å²) in [4.78, 5) is 8.21. The molecule has 1 aliphatic rings. The number of halogens is 1. The normalized spacial score (nSPS) is 20.6. The quantitative estimate of drug-likeness (QED) is 0.759. The van der Waals surface area contributed by atoms with Crippen LogP contribution in [0.1, 0.15) is 6.92 Å². The van der Waals surface area contributed by atoms with Gasteiger partial charge in [0.1, 0.15) is 18.5 Å². The van der Waals surface area contributed by atoms with E-state index in [9.17, 15) is 4.39 Å². The summed E-state index contributed by atoms with van der Waals surface area (Å²) in [5, 5.41) is 2.80. The first-order valence-electron chi connectivity index (χ1n) is 5.50. The molecule has 18 heavy (non-hydrogen) atoms. The van der Waals surface area contributed by atoms with Crippen LogP contribution in [0, 0.1) is 0 Å². The molecule has 0 aromatic heterocycles. The first-order chi connectivity index (χ1) is 8.72. The van der Waals surface area contributed by atoms with Crippen molar-refractivity contribution in [2.75, 3.05) is 0 Å². The fourth-order valence-electron chi connectivity index (χ4n) is 1.29. The molecule has 0 radical (unpaired) electrons. The van der Waals surface area contributed by atoms with Crippen molar-refractivity contribution in [1.29, 1.82) is 0 Å². The van der Waals surface area contributed by atoms with Crippen molar-refractivity contribution in [3.63, 3.8) is 0 Å². The third-order valence-corrected chi connectivity index (χ3v) is 2.27. The lowest BCUT2D eigenvalue weighted by Crippen LogP contribution is -2.30. The Bertz CT molecular complexity index is 467. The summed E-state index contributed by atoms with van der Waals surface area (Å²) in [5.41, 5.74) is 0.917. The van der Waals surface area contributed by atoms with Crippen LogP contribution in [0.3, 0.4) is 0 Å². The van der Waals surface area contributed by atoms with Gasteiger partial charge < -0.3 is 5.32 Å². The molecule has 1 N–H and O–H groups in total. The lowest BCUT2D eigenvalue weighted by atomic mass is 10.1. The topological polar surface area (TPSA) is 36.8 Å². The van der Waals surface area contributed by atoms with Crippen LogP contribution in [-0.4, -0.2) is 18.2 Å². The molecule has 1 unspecified atom stereocenters. The molecule has 1 aliphatic heterocycles. The molecule has 0 amide bonds. The van der Waals surface area contributed by atoms with Crippen LogP contribution in [0.5, 0.6) is 0 Å². The summed E-state index contributed by atoms with van der Waals surface area (Å²) in [7, 11) is 0. The van der Waals surface area contributed by atoms with Crippen LogP contribution in [-0.2, 0) is 0 Å². The van der Waals surface area contributed by atoms with Gasteiger partial charge in [-0.05, 0) is 13.0 Å². The Hall–Kier alpha value is -2.23. The molecule has 0 aromatic rings. The minimum Gasteiger partial charge on any atom is -0.338 e. The highest BCUT2D eigenvalue weighted by atomic mass is 19.1. The highest BCUT2D eigenvalue weighted by molar-refractivity contribution is 6.05. The Kier molecular flexibility index (Phi) is 5.51. The molecule has 0 fully saturated rings. The molecule has 0 bridgehead atoms. The van der Waals surface area contributed by atoms with Gasteiger partial charge in [-0.25, -0.2) is 9.38 Å². The number of amidine groups is 1. The average Bonchev–Trinajstić information content (AvgIpc) is 2.39. The predicted molar refractivity (Wildman–Crippen MR) is 75.3 cm³/mol. The van der Waals surface area contributed by atoms with Crippen molar-refractivity contribution >= 4 is 12.2 Å². The van der Waals surface area contributed by atoms with E-state index in [0.29, 0.717) is 17.7 Å². The Balaban J connectivity index is 2.78. The van der Waals surface area contributed by atoms with Gasteiger partial charge in [-0.3, -0.25) is 4.99 Å². The van der Waals surface area contributed by atoms with E-state index in [1.807, 2.05) is 31.2 Å². The van der Waals surface area contributed by atoms with Crippen molar-refractivity contribution in [2.45, 2.75) is 13.0 Å². The van der Waals surface area contributed by atoms with Crippen LogP contribution in [0.25, 0.3) is 0 Å². The highest BCUT2D eigenvalue weighted by Gasteiger charge is 2.16. The summed E-state index contributed by atoms with van der Waals surface area (Å²) in [6.45, 7) is 9.33. The first-order valence-corrected chi connectivity index (χ1v) is 5.50. The minimum atomic E-state index is -0.188. The van der Waals surface area contributed by atoms with Gasteiger partial charge in [0.25, 0.3) is 0 Å². The molecule has 0 spiro atoms. The molecular weight excluding hydrogens is 229 g/mol. The van der Waals surface area contributed by atoms with Crippen molar-refractivity contribution in [3.8, 4) is 0 Å². The number of allylic oxidation sites excluding steroid dienone is 4. The number of hydrogen-bond donors (Lipinski definition) is 1. The molecule has 0 saturated carbocycles. The van der Waals surface area contributed by atoms with Gasteiger partial charge in [-0.15, -0.1) is 0 Å². The van der Waals surface area contributed by atoms with E-state index in [-0.39, 0.29) is 11.7 Å². The fourth-order valence-corrected chi connectivity index (χ4v) is 1.29. The zero-order valence-corrected chi connectivity index (χ0v) is 10.3. The number of nitrogens with one attached hydrogen (secondary N) is 1. The third-order valence-electron chi connectivity index (χ3n) is 2.27. The monoisotopic (exact) mass is 245 g/mol. The van der Waals surface area contributed by atoms with Crippen LogP contribution in [0.2, 0.25) is 0 Å². The summed E-state index contributed by atoms with van der Waals surface area (Å²) in [5.74, 6) is 0.490. The van der Waals surface area contributed by atoms with Gasteiger partial charge >= 0.3 is 0 Å². The van der Waals surface area contributed by atoms with Crippen molar-refractivity contribution in [1.82, 2.24) is 5.32 Å². The maximum atomic E-state index is 12.4. The van der Waals surface area contributed by atoms with Crippen LogP contribution in [0.15, 0.2) is 71.1 Å². The third kappa shape index (κ3) is 3.66. The van der Waals surface area contributed by atoms with E-state index in [4.69, 9.17) is 0 Å². The number of rotatable bonds is 4. The van der Waals surface area contributed by atoms with E-state index in [1.54, 1.807) is 0 Å². The second kappa shape index (κ2) is 7.17. The zero-order valence-electron chi connectivity index (χ0n) is 10.3. The Morgan fingerprint density at radius 2 is 2.28 bits per heavy atom. The second-order valence-electron chi connectivity index (χ2n) is 3.52. The second-order valence-corrected chi connectivity index (χ2v) is 3.52. The van der Waals surface area contributed by atoms with Gasteiger partial charge in [-0.1, -0.05) is 37.5 Å². The summed E-state index contributed by atoms with van der Waals surface area (Å²) < 4.78 is 12.4. The maximum absolute atomic E-state index is 12.4. The van der Waals surface area contributed by atoms with Gasteiger partial charge in [-0.2, -0.15) is 0 Å². The van der Waals surface area contributed by atoms with E-state index >= 15 is 0 Å². The molecule has 1 rings (SSSR count). The number of nitrogens with zero attached hydrogens (tertiary/aromatic N) is 2. The molecular formula is C14H16FN3. The summed E-state index contributed by atoms with van der Waals surface area (Å²) >= 11 is 0. The van der Waals surface area contributed by atoms with Crippen molar-refractivity contribution in [3.05, 3.63) is 61.1 Å². The van der Waals surface area contributed by atoms with Gasteiger partial charge in [0, 0.05) is 5.57 Å². The molecule has 0 aromatic carbocycles. The number of hydrogen-bond acceptors (Lipinski definition) is 3. The lowest BCUT2D eigenvalue weighted by molar-refractivity contribution is 0.706. The number of aliphatic imine (C=N–C) groups is 2. The van der Waals surface area contributed by atoms with Crippen LogP contribution in [0.4, 0.5) is 4.39 Å². The SMILES string of the molecule is C=C/C(=C/F)NC1=NC=NC(/C=C/C=C\C)C1=C. The Labute approximate surface area is 107 Å². The van der Waals surface area contributed by atoms with Gasteiger partial charge in [0.2, 0.25) is 0 Å². The summed E-state index contributed by atoms with van der Waals surface area (Å²) in [6.07, 6.45) is 10.8. The standard InChI is InChI=1S/C14H16FN3/c1-4-6-7-8-13-11(3)14(17-10-16-13)18-12(5-2)9-15/h4-10,13H,2-3H2,1H3,(H,16,17,18)/b6-4-,8-7+,12-9-. The molecule has 94 valence electrons. The Morgan fingerprint density at radius 1 is 1.50 bits per heavy atom. The predicted octanol–water partition coefficient (Wildman–Crippen LogP) is 3.07. The van der Waals surface area contributed by atoms with Crippen LogP contribution < -0.4 is 5.32 Å². The molecule has 1 heterocycles. The zero-order chi connectivity index (χ0) is 13.4. The van der Waals surface area contributed by atoms with Crippen molar-refractivity contribution < 1.29 is 4.39 Å². The van der Waals surface area contributed by atoms with Crippen LogP contribution >= 0.6 is 0 Å². The average molecular weight is 245 g/mol. The Morgan fingerprint density at radius 3 is 2.89 bits per heavy atom. The molecule has 3 nitrogen and oxygen atoms in total. The molecule has 4 heteroatoms. The fraction of sp³-hybridized carbons (Fsp3) is 0.143. The first kappa shape index (κ1) is 13.8. The van der Waals surface area contributed by atoms with E-state index in [2.05, 4.69) is 28.5 Å². The van der Waals surface area contributed by atoms with Gasteiger partial charge in [0.15, 0.2) is 0 Å². The highest BCUT2D eigenvalue weighted by Crippen LogP contribution is 2.12. The molecule has 0 saturated heterocycles. The summed E-state index contributed by atoms with van der Waals surface area (Å²) in [6, 6.07) is -0.188.